The molecule has 1 unspecified atom stereocenters. The maximum absolute atomic E-state index is 12.8. The minimum absolute atomic E-state index is 0.0637. The van der Waals surface area contributed by atoms with E-state index in [1.54, 1.807) is 0 Å². The molecule has 0 fully saturated rings. The predicted octanol–water partition coefficient (Wildman–Crippen LogP) is 18.1. The third kappa shape index (κ3) is 47.9. The van der Waals surface area contributed by atoms with Gasteiger partial charge in [-0.05, 0) is 31.1 Å². The van der Waals surface area contributed by atoms with Crippen molar-refractivity contribution in [3.63, 3.8) is 0 Å². The number of hydrogen-bond acceptors (Lipinski definition) is 6. The van der Waals surface area contributed by atoms with Gasteiger partial charge in [0.2, 0.25) is 0 Å². The van der Waals surface area contributed by atoms with E-state index in [1.807, 2.05) is 0 Å². The molecule has 0 saturated carbocycles. The first-order chi connectivity index (χ1) is 30.3. The Balaban J connectivity index is 4.13. The molecular formula is C56H108O6. The molecule has 0 amide bonds. The number of hydrogen-bond donors (Lipinski definition) is 0. The van der Waals surface area contributed by atoms with Crippen LogP contribution in [0, 0.1) is 11.8 Å². The molecule has 2 atom stereocenters. The molecule has 0 rings (SSSR count). The lowest BCUT2D eigenvalue weighted by Gasteiger charge is -2.18. The lowest BCUT2D eigenvalue weighted by atomic mass is 9.99. The Morgan fingerprint density at radius 2 is 0.613 bits per heavy atom. The second-order valence-corrected chi connectivity index (χ2v) is 19.9. The third-order valence-electron chi connectivity index (χ3n) is 13.1. The highest BCUT2D eigenvalue weighted by Crippen LogP contribution is 2.18. The first kappa shape index (κ1) is 60.4. The van der Waals surface area contributed by atoms with Crippen molar-refractivity contribution in [2.45, 2.75) is 317 Å². The zero-order valence-electron chi connectivity index (χ0n) is 42.5. The highest BCUT2D eigenvalue weighted by molar-refractivity contribution is 5.71. The van der Waals surface area contributed by atoms with Crippen LogP contribution in [0.4, 0.5) is 0 Å². The van der Waals surface area contributed by atoms with Crippen LogP contribution >= 0.6 is 0 Å². The van der Waals surface area contributed by atoms with Crippen LogP contribution in [0.2, 0.25) is 0 Å². The highest BCUT2D eigenvalue weighted by atomic mass is 16.6. The number of ether oxygens (including phenoxy) is 3. The second kappa shape index (κ2) is 48.9. The van der Waals surface area contributed by atoms with E-state index in [1.165, 1.54) is 199 Å². The molecule has 0 aromatic heterocycles. The number of carbonyl (C=O) groups is 3. The number of rotatable bonds is 50. The molecule has 6 nitrogen and oxygen atoms in total. The zero-order chi connectivity index (χ0) is 45.4. The summed E-state index contributed by atoms with van der Waals surface area (Å²) in [5, 5.41) is 0. The Morgan fingerprint density at radius 3 is 0.919 bits per heavy atom. The molecular weight excluding hydrogens is 769 g/mol. The molecule has 0 aromatic rings. The number of esters is 3. The highest BCUT2D eigenvalue weighted by Gasteiger charge is 2.19. The molecule has 62 heavy (non-hydrogen) atoms. The van der Waals surface area contributed by atoms with Crippen molar-refractivity contribution in [2.75, 3.05) is 13.2 Å². The van der Waals surface area contributed by atoms with Crippen LogP contribution in [-0.2, 0) is 28.6 Å². The van der Waals surface area contributed by atoms with Crippen molar-refractivity contribution < 1.29 is 28.6 Å². The zero-order valence-corrected chi connectivity index (χ0v) is 42.5. The van der Waals surface area contributed by atoms with Gasteiger partial charge in [-0.15, -0.1) is 0 Å². The number of unbranched alkanes of at least 4 members (excludes halogenated alkanes) is 34. The van der Waals surface area contributed by atoms with Crippen molar-refractivity contribution in [3.8, 4) is 0 Å². The molecule has 0 aromatic carbocycles. The van der Waals surface area contributed by atoms with Crippen molar-refractivity contribution in [1.29, 1.82) is 0 Å². The molecule has 0 saturated heterocycles. The van der Waals surface area contributed by atoms with E-state index in [9.17, 15) is 14.4 Å². The summed E-state index contributed by atoms with van der Waals surface area (Å²) >= 11 is 0. The Labute approximate surface area is 387 Å². The van der Waals surface area contributed by atoms with E-state index >= 15 is 0 Å². The summed E-state index contributed by atoms with van der Waals surface area (Å²) < 4.78 is 16.8. The van der Waals surface area contributed by atoms with Gasteiger partial charge in [-0.25, -0.2) is 0 Å². The van der Waals surface area contributed by atoms with E-state index in [4.69, 9.17) is 14.2 Å². The Kier molecular flexibility index (Phi) is 47.6. The lowest BCUT2D eigenvalue weighted by Crippen LogP contribution is -2.30. The molecule has 368 valence electrons. The van der Waals surface area contributed by atoms with Gasteiger partial charge in [0.05, 0.1) is 0 Å². The summed E-state index contributed by atoms with van der Waals surface area (Å²) in [6.45, 7) is 11.4. The summed E-state index contributed by atoms with van der Waals surface area (Å²) in [6, 6.07) is 0. The SMILES string of the molecule is CCCCCCCCCC(=O)OC[C@H](COC(=O)CCCCCCCCCCCCCCC(C)C)OC(=O)CCCCCCCCCCCCCCCCCCCCC(C)CC. The minimum atomic E-state index is -0.761. The molecule has 0 radical (unpaired) electrons. The normalized spacial score (nSPS) is 12.5. The van der Waals surface area contributed by atoms with E-state index in [2.05, 4.69) is 34.6 Å². The largest absolute Gasteiger partial charge is 0.462 e. The van der Waals surface area contributed by atoms with E-state index < -0.39 is 6.10 Å². The Hall–Kier alpha value is -1.59. The predicted molar refractivity (Wildman–Crippen MR) is 266 cm³/mol. The summed E-state index contributed by atoms with van der Waals surface area (Å²) in [4.78, 5) is 37.9. The summed E-state index contributed by atoms with van der Waals surface area (Å²) in [7, 11) is 0. The molecule has 0 spiro atoms. The van der Waals surface area contributed by atoms with Crippen molar-refractivity contribution in [3.05, 3.63) is 0 Å². The van der Waals surface area contributed by atoms with Crippen LogP contribution in [0.1, 0.15) is 311 Å². The topological polar surface area (TPSA) is 78.9 Å². The monoisotopic (exact) mass is 877 g/mol. The van der Waals surface area contributed by atoms with Gasteiger partial charge in [0.15, 0.2) is 6.10 Å². The van der Waals surface area contributed by atoms with Gasteiger partial charge in [-0.2, -0.15) is 0 Å². The van der Waals surface area contributed by atoms with Crippen molar-refractivity contribution in [1.82, 2.24) is 0 Å². The average Bonchev–Trinajstić information content (AvgIpc) is 3.26. The smallest absolute Gasteiger partial charge is 0.306 e. The van der Waals surface area contributed by atoms with Crippen LogP contribution in [-0.4, -0.2) is 37.2 Å². The molecule has 0 heterocycles. The standard InChI is InChI=1S/C56H108O6/c1-6-8-9-10-29-36-41-46-54(57)60-49-53(50-61-55(58)47-42-37-32-27-23-20-19-21-25-30-34-39-44-51(3)4)62-56(59)48-43-38-33-28-24-18-16-14-12-11-13-15-17-22-26-31-35-40-45-52(5)7-2/h51-53H,6-50H2,1-5H3/t52?,53-/m1/s1. The van der Waals surface area contributed by atoms with Gasteiger partial charge in [0.1, 0.15) is 13.2 Å². The summed E-state index contributed by atoms with van der Waals surface area (Å²) in [5.41, 5.74) is 0. The van der Waals surface area contributed by atoms with Crippen LogP contribution in [0.15, 0.2) is 0 Å². The maximum Gasteiger partial charge on any atom is 0.306 e. The second-order valence-electron chi connectivity index (χ2n) is 19.9. The third-order valence-corrected chi connectivity index (χ3v) is 13.1. The quantitative estimate of drug-likeness (QED) is 0.0344. The average molecular weight is 877 g/mol. The lowest BCUT2D eigenvalue weighted by molar-refractivity contribution is -0.167. The molecule has 0 aliphatic rings. The number of carbonyl (C=O) groups excluding carboxylic acids is 3. The van der Waals surface area contributed by atoms with Crippen LogP contribution in [0.5, 0.6) is 0 Å². The maximum atomic E-state index is 12.8. The fraction of sp³-hybridized carbons (Fsp3) is 0.946. The van der Waals surface area contributed by atoms with E-state index in [-0.39, 0.29) is 31.1 Å². The molecule has 0 N–H and O–H groups in total. The van der Waals surface area contributed by atoms with E-state index in [0.29, 0.717) is 19.3 Å². The van der Waals surface area contributed by atoms with Crippen LogP contribution in [0.3, 0.4) is 0 Å². The van der Waals surface area contributed by atoms with E-state index in [0.717, 1.165) is 69.6 Å². The van der Waals surface area contributed by atoms with Gasteiger partial charge in [-0.3, -0.25) is 14.4 Å². The Morgan fingerprint density at radius 1 is 0.339 bits per heavy atom. The van der Waals surface area contributed by atoms with Crippen molar-refractivity contribution >= 4 is 17.9 Å². The molecule has 6 heteroatoms. The minimum Gasteiger partial charge on any atom is -0.462 e. The van der Waals surface area contributed by atoms with Gasteiger partial charge >= 0.3 is 17.9 Å². The molecule has 0 bridgehead atoms. The van der Waals surface area contributed by atoms with Crippen LogP contribution in [0.25, 0.3) is 0 Å². The molecule has 0 aliphatic carbocycles. The Bertz CT molecular complexity index is 949. The fourth-order valence-corrected chi connectivity index (χ4v) is 8.49. The molecule has 0 aliphatic heterocycles. The van der Waals surface area contributed by atoms with Crippen molar-refractivity contribution in [2.24, 2.45) is 11.8 Å². The van der Waals surface area contributed by atoms with Gasteiger partial charge < -0.3 is 14.2 Å². The first-order valence-electron chi connectivity index (χ1n) is 27.8. The fourth-order valence-electron chi connectivity index (χ4n) is 8.49. The summed E-state index contributed by atoms with van der Waals surface area (Å²) in [5.74, 6) is 0.893. The van der Waals surface area contributed by atoms with Crippen LogP contribution < -0.4 is 0 Å². The first-order valence-corrected chi connectivity index (χ1v) is 27.8. The van der Waals surface area contributed by atoms with Gasteiger partial charge in [0, 0.05) is 19.3 Å². The van der Waals surface area contributed by atoms with Gasteiger partial charge in [0.25, 0.3) is 0 Å². The van der Waals surface area contributed by atoms with Gasteiger partial charge in [-0.1, -0.05) is 272 Å². The summed E-state index contributed by atoms with van der Waals surface area (Å²) in [6.07, 6.45) is 51.1.